The van der Waals surface area contributed by atoms with Crippen LogP contribution in [0, 0.1) is 5.92 Å². The lowest BCUT2D eigenvalue weighted by Crippen LogP contribution is -2.34. The fourth-order valence-electron chi connectivity index (χ4n) is 2.18. The zero-order valence-corrected chi connectivity index (χ0v) is 10.2. The topological polar surface area (TPSA) is 75.3 Å². The van der Waals surface area contributed by atoms with E-state index >= 15 is 0 Å². The first kappa shape index (κ1) is 12.3. The number of aliphatic hydroxyl groups excluding tert-OH is 1. The number of nitrogens with zero attached hydrogens (tertiary/aromatic N) is 3. The highest BCUT2D eigenvalue weighted by Gasteiger charge is 2.21. The molecule has 2 heterocycles. The van der Waals surface area contributed by atoms with Gasteiger partial charge in [-0.25, -0.2) is 9.97 Å². The van der Waals surface area contributed by atoms with Gasteiger partial charge in [-0.3, -0.25) is 0 Å². The molecule has 1 fully saturated rings. The van der Waals surface area contributed by atoms with E-state index in [4.69, 9.17) is 5.73 Å². The molecule has 1 aromatic rings. The predicted octanol–water partition coefficient (Wildman–Crippen LogP) is 0.705. The van der Waals surface area contributed by atoms with Crippen LogP contribution in [0.1, 0.15) is 31.4 Å². The summed E-state index contributed by atoms with van der Waals surface area (Å²) < 4.78 is 0. The van der Waals surface area contributed by atoms with Gasteiger partial charge >= 0.3 is 0 Å². The zero-order chi connectivity index (χ0) is 12.3. The van der Waals surface area contributed by atoms with Crippen LogP contribution in [0.25, 0.3) is 0 Å². The molecule has 0 radical (unpaired) electrons. The summed E-state index contributed by atoms with van der Waals surface area (Å²) in [6.07, 6.45) is 4.85. The molecule has 1 aliphatic rings. The summed E-state index contributed by atoms with van der Waals surface area (Å²) in [7, 11) is 0. The molecule has 1 saturated heterocycles. The van der Waals surface area contributed by atoms with Crippen LogP contribution in [0.15, 0.2) is 12.5 Å². The lowest BCUT2D eigenvalue weighted by Gasteiger charge is -2.32. The van der Waals surface area contributed by atoms with Crippen molar-refractivity contribution in [1.29, 1.82) is 0 Å². The lowest BCUT2D eigenvalue weighted by molar-refractivity contribution is 0.186. The first-order chi connectivity index (χ1) is 8.22. The van der Waals surface area contributed by atoms with Crippen molar-refractivity contribution in [3.05, 3.63) is 18.1 Å². The second kappa shape index (κ2) is 5.42. The maximum atomic E-state index is 9.86. The quantitative estimate of drug-likeness (QED) is 0.808. The van der Waals surface area contributed by atoms with Crippen molar-refractivity contribution in [1.82, 2.24) is 9.97 Å². The number of hydrogen-bond acceptors (Lipinski definition) is 5. The van der Waals surface area contributed by atoms with Gasteiger partial charge in [0.25, 0.3) is 0 Å². The molecule has 1 unspecified atom stereocenters. The molecule has 0 spiro atoms. The monoisotopic (exact) mass is 236 g/mol. The second-order valence-corrected chi connectivity index (χ2v) is 4.72. The Bertz CT molecular complexity index is 363. The molecule has 5 nitrogen and oxygen atoms in total. The second-order valence-electron chi connectivity index (χ2n) is 4.72. The Morgan fingerprint density at radius 2 is 2.24 bits per heavy atom. The van der Waals surface area contributed by atoms with Crippen LogP contribution in [-0.4, -0.2) is 34.7 Å². The van der Waals surface area contributed by atoms with Gasteiger partial charge < -0.3 is 15.7 Å². The van der Waals surface area contributed by atoms with Gasteiger partial charge in [-0.05, 0) is 18.8 Å². The summed E-state index contributed by atoms with van der Waals surface area (Å²) in [4.78, 5) is 10.5. The fourth-order valence-corrected chi connectivity index (χ4v) is 2.18. The highest BCUT2D eigenvalue weighted by molar-refractivity contribution is 5.47. The van der Waals surface area contributed by atoms with E-state index in [2.05, 4.69) is 21.8 Å². The van der Waals surface area contributed by atoms with Crippen LogP contribution in [0.3, 0.4) is 0 Å². The molecule has 1 aromatic heterocycles. The predicted molar refractivity (Wildman–Crippen MR) is 66.7 cm³/mol. The van der Waals surface area contributed by atoms with E-state index in [9.17, 15) is 5.11 Å². The molecule has 0 saturated carbocycles. The van der Waals surface area contributed by atoms with Gasteiger partial charge in [0.2, 0.25) is 0 Å². The number of nitrogens with two attached hydrogens (primary N) is 1. The smallest absolute Gasteiger partial charge is 0.137 e. The van der Waals surface area contributed by atoms with E-state index in [0.717, 1.165) is 30.4 Å². The number of hydrogen-bond donors (Lipinski definition) is 2. The Kier molecular flexibility index (Phi) is 3.91. The maximum Gasteiger partial charge on any atom is 0.137 e. The zero-order valence-electron chi connectivity index (χ0n) is 10.2. The van der Waals surface area contributed by atoms with E-state index in [1.807, 2.05) is 0 Å². The molecule has 17 heavy (non-hydrogen) atoms. The summed E-state index contributed by atoms with van der Waals surface area (Å²) in [5.74, 6) is 1.61. The van der Waals surface area contributed by atoms with Gasteiger partial charge in [0.05, 0.1) is 6.10 Å². The Hall–Kier alpha value is -1.20. The summed E-state index contributed by atoms with van der Waals surface area (Å²) in [5.41, 5.74) is 6.24. The van der Waals surface area contributed by atoms with Gasteiger partial charge in [-0.1, -0.05) is 6.92 Å². The van der Waals surface area contributed by atoms with Crippen molar-refractivity contribution in [2.75, 3.05) is 24.5 Å². The molecule has 1 atom stereocenters. The molecule has 0 amide bonds. The third-order valence-electron chi connectivity index (χ3n) is 3.38. The van der Waals surface area contributed by atoms with E-state index in [-0.39, 0.29) is 6.54 Å². The van der Waals surface area contributed by atoms with Crippen LogP contribution in [0.4, 0.5) is 5.82 Å². The van der Waals surface area contributed by atoms with E-state index < -0.39 is 6.10 Å². The number of rotatable bonds is 3. The Morgan fingerprint density at radius 1 is 1.53 bits per heavy atom. The molecule has 0 aliphatic carbocycles. The number of aliphatic hydroxyl groups is 1. The molecule has 0 bridgehead atoms. The maximum absolute atomic E-state index is 9.86. The SMILES string of the molecule is CC1CCN(c2ncncc2C(O)CN)CC1. The standard InChI is InChI=1S/C12H20N4O/c1-9-2-4-16(5-3-9)12-10(11(17)6-13)7-14-8-15-12/h7-9,11,17H,2-6,13H2,1H3. The lowest BCUT2D eigenvalue weighted by atomic mass is 9.98. The molecule has 3 N–H and O–H groups in total. The highest BCUT2D eigenvalue weighted by Crippen LogP contribution is 2.26. The van der Waals surface area contributed by atoms with Crippen LogP contribution >= 0.6 is 0 Å². The van der Waals surface area contributed by atoms with Crippen molar-refractivity contribution in [2.45, 2.75) is 25.9 Å². The molecule has 1 aliphatic heterocycles. The average Bonchev–Trinajstić information content (AvgIpc) is 2.39. The van der Waals surface area contributed by atoms with E-state index in [0.29, 0.717) is 0 Å². The van der Waals surface area contributed by atoms with Crippen LogP contribution in [0.5, 0.6) is 0 Å². The van der Waals surface area contributed by atoms with Gasteiger partial charge in [0.1, 0.15) is 12.1 Å². The number of anilines is 1. The van der Waals surface area contributed by atoms with E-state index in [1.54, 1.807) is 6.20 Å². The minimum absolute atomic E-state index is 0.199. The molecule has 2 rings (SSSR count). The largest absolute Gasteiger partial charge is 0.387 e. The molecular weight excluding hydrogens is 216 g/mol. The molecule has 0 aromatic carbocycles. The van der Waals surface area contributed by atoms with Crippen molar-refractivity contribution in [3.8, 4) is 0 Å². The number of aromatic nitrogens is 2. The minimum atomic E-state index is -0.675. The summed E-state index contributed by atoms with van der Waals surface area (Å²) in [6, 6.07) is 0. The van der Waals surface area contributed by atoms with Crippen molar-refractivity contribution in [3.63, 3.8) is 0 Å². The Labute approximate surface area is 102 Å². The van der Waals surface area contributed by atoms with Crippen LogP contribution < -0.4 is 10.6 Å². The average molecular weight is 236 g/mol. The third-order valence-corrected chi connectivity index (χ3v) is 3.38. The Balaban J connectivity index is 2.19. The summed E-state index contributed by atoms with van der Waals surface area (Å²) in [5, 5.41) is 9.86. The van der Waals surface area contributed by atoms with Gasteiger partial charge in [-0.15, -0.1) is 0 Å². The van der Waals surface area contributed by atoms with Crippen molar-refractivity contribution < 1.29 is 5.11 Å². The first-order valence-electron chi connectivity index (χ1n) is 6.15. The molecule has 5 heteroatoms. The number of piperidine rings is 1. The minimum Gasteiger partial charge on any atom is -0.387 e. The molecule has 94 valence electrons. The van der Waals surface area contributed by atoms with Crippen molar-refractivity contribution in [2.24, 2.45) is 11.7 Å². The Morgan fingerprint density at radius 3 is 2.88 bits per heavy atom. The fraction of sp³-hybridized carbons (Fsp3) is 0.667. The van der Waals surface area contributed by atoms with Gasteiger partial charge in [0, 0.05) is 31.4 Å². The highest BCUT2D eigenvalue weighted by atomic mass is 16.3. The van der Waals surface area contributed by atoms with Gasteiger partial charge in [0.15, 0.2) is 0 Å². The summed E-state index contributed by atoms with van der Waals surface area (Å²) in [6.45, 7) is 4.45. The first-order valence-corrected chi connectivity index (χ1v) is 6.15. The molecular formula is C12H20N4O. The van der Waals surface area contributed by atoms with Crippen molar-refractivity contribution >= 4 is 5.82 Å². The van der Waals surface area contributed by atoms with Crippen LogP contribution in [-0.2, 0) is 0 Å². The third kappa shape index (κ3) is 2.73. The summed E-state index contributed by atoms with van der Waals surface area (Å²) >= 11 is 0. The normalized spacial score (nSPS) is 19.4. The van der Waals surface area contributed by atoms with Crippen LogP contribution in [0.2, 0.25) is 0 Å². The van der Waals surface area contributed by atoms with E-state index in [1.165, 1.54) is 19.2 Å². The van der Waals surface area contributed by atoms with Gasteiger partial charge in [-0.2, -0.15) is 0 Å².